The van der Waals surface area contributed by atoms with Gasteiger partial charge in [0, 0.05) is 12.8 Å². The lowest BCUT2D eigenvalue weighted by Crippen LogP contribution is -2.18. The average Bonchev–Trinajstić information content (AvgIpc) is 3.09. The van der Waals surface area contributed by atoms with E-state index in [0.717, 1.165) is 64.2 Å². The minimum absolute atomic E-state index is 0.00499. The van der Waals surface area contributed by atoms with Crippen molar-refractivity contribution in [2.75, 3.05) is 0 Å². The van der Waals surface area contributed by atoms with Crippen LogP contribution in [-0.4, -0.2) is 23.1 Å². The Hall–Kier alpha value is -1.32. The molecular formula is C45H86O4. The summed E-state index contributed by atoms with van der Waals surface area (Å²) in [6.07, 6.45) is 51.0. The van der Waals surface area contributed by atoms with Crippen LogP contribution in [0.4, 0.5) is 0 Å². The summed E-state index contributed by atoms with van der Waals surface area (Å²) in [6.45, 7) is 4.56. The second kappa shape index (κ2) is 41.1. The molecule has 0 aliphatic rings. The molecule has 0 saturated carbocycles. The molecule has 0 aromatic rings. The highest BCUT2D eigenvalue weighted by Crippen LogP contribution is 2.19. The van der Waals surface area contributed by atoms with Crippen LogP contribution in [-0.2, 0) is 14.3 Å². The van der Waals surface area contributed by atoms with Crippen LogP contribution in [0.2, 0.25) is 0 Å². The first kappa shape index (κ1) is 47.7. The van der Waals surface area contributed by atoms with Gasteiger partial charge in [-0.3, -0.25) is 9.59 Å². The van der Waals surface area contributed by atoms with Gasteiger partial charge in [-0.25, -0.2) is 0 Å². The molecule has 0 aromatic heterocycles. The van der Waals surface area contributed by atoms with Crippen molar-refractivity contribution in [3.05, 3.63) is 12.2 Å². The number of unbranched alkanes of at least 4 members (excludes halogenated alkanes) is 30. The molecule has 0 saturated heterocycles. The number of rotatable bonds is 41. The highest BCUT2D eigenvalue weighted by atomic mass is 16.5. The summed E-state index contributed by atoms with van der Waals surface area (Å²) in [6, 6.07) is 0. The van der Waals surface area contributed by atoms with E-state index in [-0.39, 0.29) is 18.5 Å². The van der Waals surface area contributed by atoms with Crippen molar-refractivity contribution in [3.8, 4) is 0 Å². The zero-order valence-electron chi connectivity index (χ0n) is 33.3. The van der Waals surface area contributed by atoms with Gasteiger partial charge in [0.25, 0.3) is 0 Å². The summed E-state index contributed by atoms with van der Waals surface area (Å²) in [7, 11) is 0. The summed E-state index contributed by atoms with van der Waals surface area (Å²) in [5.41, 5.74) is 0. The zero-order chi connectivity index (χ0) is 35.7. The van der Waals surface area contributed by atoms with Crippen LogP contribution in [0.3, 0.4) is 0 Å². The Bertz CT molecular complexity index is 702. The smallest absolute Gasteiger partial charge is 0.306 e. The van der Waals surface area contributed by atoms with Crippen LogP contribution in [0.25, 0.3) is 0 Å². The topological polar surface area (TPSA) is 63.6 Å². The van der Waals surface area contributed by atoms with Crippen LogP contribution in [0.15, 0.2) is 12.2 Å². The summed E-state index contributed by atoms with van der Waals surface area (Å²) in [5.74, 6) is -0.692. The Morgan fingerprint density at radius 1 is 0.429 bits per heavy atom. The first-order valence-corrected chi connectivity index (χ1v) is 22.2. The SMILES string of the molecule is CCCCCCCCCC/C=C\CCCCCCCCCCCC(=O)OC(CCCCCCCCCCCC)CCCCCCCC(=O)O. The molecule has 1 atom stereocenters. The third-order valence-corrected chi connectivity index (χ3v) is 10.2. The lowest BCUT2D eigenvalue weighted by molar-refractivity contribution is -0.150. The van der Waals surface area contributed by atoms with Gasteiger partial charge in [0.05, 0.1) is 0 Å². The molecule has 0 aromatic carbocycles. The van der Waals surface area contributed by atoms with Gasteiger partial charge in [0.15, 0.2) is 0 Å². The maximum atomic E-state index is 12.7. The fourth-order valence-electron chi connectivity index (χ4n) is 6.95. The van der Waals surface area contributed by atoms with Crippen LogP contribution in [0, 0.1) is 0 Å². The van der Waals surface area contributed by atoms with E-state index in [4.69, 9.17) is 9.84 Å². The van der Waals surface area contributed by atoms with Gasteiger partial charge in [0.1, 0.15) is 6.10 Å². The second-order valence-corrected chi connectivity index (χ2v) is 15.2. The van der Waals surface area contributed by atoms with Crippen LogP contribution in [0.1, 0.15) is 258 Å². The van der Waals surface area contributed by atoms with Gasteiger partial charge in [0.2, 0.25) is 0 Å². The standard InChI is InChI=1S/C45H86O4/c1-3-5-7-9-11-13-15-16-17-18-19-20-21-22-23-24-25-27-29-34-38-42-45(48)49-43(40-36-32-30-33-37-41-44(46)47)39-35-31-28-26-14-12-10-8-6-4-2/h18-19,43H,3-17,20-42H2,1-2H3,(H,46,47)/b19-18-. The average molecular weight is 691 g/mol. The van der Waals surface area contributed by atoms with Crippen molar-refractivity contribution >= 4 is 11.9 Å². The Morgan fingerprint density at radius 3 is 1.10 bits per heavy atom. The Morgan fingerprint density at radius 2 is 0.735 bits per heavy atom. The molecular weight excluding hydrogens is 604 g/mol. The van der Waals surface area contributed by atoms with Crippen molar-refractivity contribution in [1.82, 2.24) is 0 Å². The molecule has 4 heteroatoms. The quantitative estimate of drug-likeness (QED) is 0.0394. The monoisotopic (exact) mass is 691 g/mol. The number of carbonyl (C=O) groups excluding carboxylic acids is 1. The predicted octanol–water partition coefficient (Wildman–Crippen LogP) is 15.4. The van der Waals surface area contributed by atoms with Crippen molar-refractivity contribution < 1.29 is 19.4 Å². The van der Waals surface area contributed by atoms with Gasteiger partial charge in [-0.15, -0.1) is 0 Å². The number of carbonyl (C=O) groups is 2. The fourth-order valence-corrected chi connectivity index (χ4v) is 6.95. The molecule has 0 spiro atoms. The third-order valence-electron chi connectivity index (χ3n) is 10.2. The summed E-state index contributed by atoms with van der Waals surface area (Å²) >= 11 is 0. The number of carboxylic acid groups (broad SMARTS) is 1. The van der Waals surface area contributed by atoms with Gasteiger partial charge >= 0.3 is 11.9 Å². The van der Waals surface area contributed by atoms with Crippen LogP contribution < -0.4 is 0 Å². The molecule has 49 heavy (non-hydrogen) atoms. The van der Waals surface area contributed by atoms with Gasteiger partial charge in [-0.1, -0.05) is 193 Å². The van der Waals surface area contributed by atoms with Crippen molar-refractivity contribution in [1.29, 1.82) is 0 Å². The van der Waals surface area contributed by atoms with Gasteiger partial charge in [-0.05, 0) is 64.2 Å². The van der Waals surface area contributed by atoms with E-state index in [9.17, 15) is 9.59 Å². The first-order valence-electron chi connectivity index (χ1n) is 22.2. The zero-order valence-corrected chi connectivity index (χ0v) is 33.3. The minimum Gasteiger partial charge on any atom is -0.481 e. The summed E-state index contributed by atoms with van der Waals surface area (Å²) in [4.78, 5) is 23.4. The molecule has 0 aliphatic carbocycles. The van der Waals surface area contributed by atoms with E-state index in [1.54, 1.807) is 0 Å². The molecule has 0 rings (SSSR count). The number of hydrogen-bond donors (Lipinski definition) is 1. The molecule has 0 fully saturated rings. The summed E-state index contributed by atoms with van der Waals surface area (Å²) < 4.78 is 6.01. The van der Waals surface area contributed by atoms with Gasteiger partial charge < -0.3 is 9.84 Å². The number of aliphatic carboxylic acids is 1. The molecule has 0 amide bonds. The number of hydrogen-bond acceptors (Lipinski definition) is 3. The van der Waals surface area contributed by atoms with E-state index in [1.165, 1.54) is 167 Å². The number of carboxylic acids is 1. The molecule has 1 unspecified atom stereocenters. The molecule has 290 valence electrons. The van der Waals surface area contributed by atoms with Crippen LogP contribution >= 0.6 is 0 Å². The molecule has 1 N–H and O–H groups in total. The normalized spacial score (nSPS) is 12.2. The third kappa shape index (κ3) is 41.0. The Balaban J connectivity index is 3.86. The highest BCUT2D eigenvalue weighted by molar-refractivity contribution is 5.69. The van der Waals surface area contributed by atoms with E-state index >= 15 is 0 Å². The number of allylic oxidation sites excluding steroid dienone is 2. The minimum atomic E-state index is -0.697. The van der Waals surface area contributed by atoms with Crippen molar-refractivity contribution in [2.24, 2.45) is 0 Å². The molecule has 0 aliphatic heterocycles. The van der Waals surface area contributed by atoms with E-state index < -0.39 is 5.97 Å². The van der Waals surface area contributed by atoms with Crippen LogP contribution in [0.5, 0.6) is 0 Å². The maximum absolute atomic E-state index is 12.7. The molecule has 0 bridgehead atoms. The summed E-state index contributed by atoms with van der Waals surface area (Å²) in [5, 5.41) is 8.83. The molecule has 4 nitrogen and oxygen atoms in total. The van der Waals surface area contributed by atoms with Crippen molar-refractivity contribution in [2.45, 2.75) is 264 Å². The highest BCUT2D eigenvalue weighted by Gasteiger charge is 2.14. The lowest BCUT2D eigenvalue weighted by Gasteiger charge is -2.18. The number of ether oxygens (including phenoxy) is 1. The largest absolute Gasteiger partial charge is 0.481 e. The lowest BCUT2D eigenvalue weighted by atomic mass is 10.0. The van der Waals surface area contributed by atoms with Crippen molar-refractivity contribution in [3.63, 3.8) is 0 Å². The second-order valence-electron chi connectivity index (χ2n) is 15.2. The maximum Gasteiger partial charge on any atom is 0.306 e. The Kier molecular flexibility index (Phi) is 40.0. The van der Waals surface area contributed by atoms with E-state index in [2.05, 4.69) is 26.0 Å². The number of esters is 1. The predicted molar refractivity (Wildman–Crippen MR) is 213 cm³/mol. The molecule has 0 radical (unpaired) electrons. The van der Waals surface area contributed by atoms with E-state index in [1.807, 2.05) is 0 Å². The molecule has 0 heterocycles. The Labute approximate surface area is 306 Å². The first-order chi connectivity index (χ1) is 24.1. The fraction of sp³-hybridized carbons (Fsp3) is 0.911. The van der Waals surface area contributed by atoms with Gasteiger partial charge in [-0.2, -0.15) is 0 Å². The van der Waals surface area contributed by atoms with E-state index in [0.29, 0.717) is 6.42 Å².